The van der Waals surface area contributed by atoms with Crippen LogP contribution in [0.25, 0.3) is 0 Å². The number of rotatable bonds is 7. The number of hydrogen-bond donors (Lipinski definition) is 1. The Hall–Kier alpha value is -1.47. The highest BCUT2D eigenvalue weighted by Gasteiger charge is 2.19. The standard InChI is InChI=1S/C11H15NO5S/c1-16-10-5-8(7-13)9(12(14)15)6-11(10)17-3-4-18-2/h5-6,13H,3-4,7H2,1-2H3. The molecule has 0 bridgehead atoms. The molecule has 0 amide bonds. The number of aliphatic hydroxyl groups is 1. The molecule has 0 aliphatic heterocycles. The Morgan fingerprint density at radius 1 is 1.44 bits per heavy atom. The van der Waals surface area contributed by atoms with Gasteiger partial charge in [0, 0.05) is 5.75 Å². The van der Waals surface area contributed by atoms with Crippen LogP contribution in [0.5, 0.6) is 11.5 Å². The van der Waals surface area contributed by atoms with Crippen molar-refractivity contribution in [3.05, 3.63) is 27.8 Å². The molecule has 0 saturated carbocycles. The number of thioether (sulfide) groups is 1. The summed E-state index contributed by atoms with van der Waals surface area (Å²) in [5, 5.41) is 19.9. The maximum Gasteiger partial charge on any atom is 0.278 e. The van der Waals surface area contributed by atoms with E-state index in [1.165, 1.54) is 19.2 Å². The molecule has 0 heterocycles. The molecule has 0 atom stereocenters. The van der Waals surface area contributed by atoms with E-state index in [4.69, 9.17) is 14.6 Å². The molecule has 0 spiro atoms. The average Bonchev–Trinajstić information content (AvgIpc) is 2.38. The molecule has 0 aliphatic carbocycles. The highest BCUT2D eigenvalue weighted by atomic mass is 32.2. The maximum atomic E-state index is 10.9. The lowest BCUT2D eigenvalue weighted by atomic mass is 10.1. The van der Waals surface area contributed by atoms with Gasteiger partial charge in [-0.2, -0.15) is 11.8 Å². The van der Waals surface area contributed by atoms with Gasteiger partial charge < -0.3 is 14.6 Å². The van der Waals surface area contributed by atoms with Crippen molar-refractivity contribution in [2.24, 2.45) is 0 Å². The number of nitrogens with zero attached hydrogens (tertiary/aromatic N) is 1. The Kier molecular flexibility index (Phi) is 5.73. The molecule has 1 aromatic rings. The van der Waals surface area contributed by atoms with Gasteiger partial charge in [-0.25, -0.2) is 0 Å². The molecular formula is C11H15NO5S. The Balaban J connectivity index is 3.07. The summed E-state index contributed by atoms with van der Waals surface area (Å²) in [6, 6.07) is 2.71. The van der Waals surface area contributed by atoms with E-state index in [-0.39, 0.29) is 11.3 Å². The molecule has 7 heteroatoms. The molecule has 100 valence electrons. The minimum Gasteiger partial charge on any atom is -0.493 e. The van der Waals surface area contributed by atoms with E-state index in [1.807, 2.05) is 6.26 Å². The van der Waals surface area contributed by atoms with Crippen molar-refractivity contribution >= 4 is 17.4 Å². The van der Waals surface area contributed by atoms with Crippen molar-refractivity contribution in [3.8, 4) is 11.5 Å². The van der Waals surface area contributed by atoms with Gasteiger partial charge >= 0.3 is 0 Å². The van der Waals surface area contributed by atoms with Crippen molar-refractivity contribution in [3.63, 3.8) is 0 Å². The van der Waals surface area contributed by atoms with E-state index in [2.05, 4.69) is 0 Å². The van der Waals surface area contributed by atoms with Crippen LogP contribution in [0.1, 0.15) is 5.56 Å². The quantitative estimate of drug-likeness (QED) is 0.464. The molecule has 18 heavy (non-hydrogen) atoms. The van der Waals surface area contributed by atoms with Crippen LogP contribution in [0.4, 0.5) is 5.69 Å². The lowest BCUT2D eigenvalue weighted by Gasteiger charge is -2.11. The first kappa shape index (κ1) is 14.6. The van der Waals surface area contributed by atoms with Gasteiger partial charge in [0.2, 0.25) is 0 Å². The second-order valence-electron chi connectivity index (χ2n) is 3.39. The predicted molar refractivity (Wildman–Crippen MR) is 69.4 cm³/mol. The molecule has 1 N–H and O–H groups in total. The zero-order chi connectivity index (χ0) is 13.5. The van der Waals surface area contributed by atoms with E-state index in [1.54, 1.807) is 11.8 Å². The summed E-state index contributed by atoms with van der Waals surface area (Å²) < 4.78 is 10.5. The number of methoxy groups -OCH3 is 1. The summed E-state index contributed by atoms with van der Waals surface area (Å²) in [4.78, 5) is 10.3. The van der Waals surface area contributed by atoms with Crippen LogP contribution in [0.3, 0.4) is 0 Å². The second-order valence-corrected chi connectivity index (χ2v) is 4.37. The topological polar surface area (TPSA) is 81.8 Å². The number of benzene rings is 1. The zero-order valence-corrected chi connectivity index (χ0v) is 11.0. The first-order chi connectivity index (χ1) is 8.63. The van der Waals surface area contributed by atoms with Crippen LogP contribution >= 0.6 is 11.8 Å². The monoisotopic (exact) mass is 273 g/mol. The molecule has 0 fully saturated rings. The average molecular weight is 273 g/mol. The normalized spacial score (nSPS) is 10.2. The lowest BCUT2D eigenvalue weighted by molar-refractivity contribution is -0.385. The Morgan fingerprint density at radius 2 is 2.17 bits per heavy atom. The van der Waals surface area contributed by atoms with Gasteiger partial charge in [0.25, 0.3) is 5.69 Å². The van der Waals surface area contributed by atoms with Crippen molar-refractivity contribution in [2.75, 3.05) is 25.7 Å². The molecule has 0 saturated heterocycles. The zero-order valence-electron chi connectivity index (χ0n) is 10.2. The summed E-state index contributed by atoms with van der Waals surface area (Å²) in [5.41, 5.74) is 0.0338. The van der Waals surface area contributed by atoms with E-state index < -0.39 is 11.5 Å². The molecule has 0 unspecified atom stereocenters. The highest BCUT2D eigenvalue weighted by molar-refractivity contribution is 7.98. The van der Waals surface area contributed by atoms with Gasteiger partial charge in [0.15, 0.2) is 11.5 Å². The number of ether oxygens (including phenoxy) is 2. The minimum atomic E-state index is -0.549. The minimum absolute atomic E-state index is 0.169. The van der Waals surface area contributed by atoms with E-state index in [0.29, 0.717) is 18.1 Å². The Morgan fingerprint density at radius 3 is 2.67 bits per heavy atom. The fourth-order valence-electron chi connectivity index (χ4n) is 1.40. The van der Waals surface area contributed by atoms with Gasteiger partial charge in [0.05, 0.1) is 36.9 Å². The lowest BCUT2D eigenvalue weighted by Crippen LogP contribution is -2.04. The third-order valence-corrected chi connectivity index (χ3v) is 2.85. The summed E-state index contributed by atoms with van der Waals surface area (Å²) in [7, 11) is 1.45. The Labute approximate surface area is 109 Å². The molecule has 1 rings (SSSR count). The van der Waals surface area contributed by atoms with Crippen molar-refractivity contribution in [2.45, 2.75) is 6.61 Å². The van der Waals surface area contributed by atoms with E-state index in [0.717, 1.165) is 5.75 Å². The summed E-state index contributed by atoms with van der Waals surface area (Å²) in [5.74, 6) is 1.47. The summed E-state index contributed by atoms with van der Waals surface area (Å²) >= 11 is 1.61. The van der Waals surface area contributed by atoms with Crippen LogP contribution in [0.2, 0.25) is 0 Å². The van der Waals surface area contributed by atoms with Crippen molar-refractivity contribution < 1.29 is 19.5 Å². The fraction of sp³-hybridized carbons (Fsp3) is 0.455. The maximum absolute atomic E-state index is 10.9. The predicted octanol–water partition coefficient (Wildman–Crippen LogP) is 1.84. The third-order valence-electron chi connectivity index (χ3n) is 2.28. The van der Waals surface area contributed by atoms with Gasteiger partial charge in [-0.3, -0.25) is 10.1 Å². The molecule has 0 aliphatic rings. The summed E-state index contributed by atoms with van der Waals surface area (Å²) in [6.45, 7) is 0.0188. The van der Waals surface area contributed by atoms with Crippen molar-refractivity contribution in [1.82, 2.24) is 0 Å². The summed E-state index contributed by atoms with van der Waals surface area (Å²) in [6.07, 6.45) is 1.94. The molecule has 0 aromatic heterocycles. The number of nitro groups is 1. The van der Waals surface area contributed by atoms with Crippen LogP contribution in [0, 0.1) is 10.1 Å². The SMILES string of the molecule is COc1cc(CO)c([N+](=O)[O-])cc1OCCSC. The Bertz CT molecular complexity index is 424. The van der Waals surface area contributed by atoms with Gasteiger partial charge in [-0.1, -0.05) is 0 Å². The van der Waals surface area contributed by atoms with Crippen LogP contribution < -0.4 is 9.47 Å². The van der Waals surface area contributed by atoms with E-state index >= 15 is 0 Å². The number of aliphatic hydroxyl groups excluding tert-OH is 1. The highest BCUT2D eigenvalue weighted by Crippen LogP contribution is 2.34. The number of hydrogen-bond acceptors (Lipinski definition) is 6. The third kappa shape index (κ3) is 3.51. The fourth-order valence-corrected chi connectivity index (χ4v) is 1.65. The molecular weight excluding hydrogens is 258 g/mol. The smallest absolute Gasteiger partial charge is 0.278 e. The molecule has 6 nitrogen and oxygen atoms in total. The van der Waals surface area contributed by atoms with Gasteiger partial charge in [-0.05, 0) is 12.3 Å². The van der Waals surface area contributed by atoms with E-state index in [9.17, 15) is 10.1 Å². The van der Waals surface area contributed by atoms with Gasteiger partial charge in [0.1, 0.15) is 0 Å². The first-order valence-electron chi connectivity index (χ1n) is 5.22. The first-order valence-corrected chi connectivity index (χ1v) is 6.61. The second kappa shape index (κ2) is 7.07. The van der Waals surface area contributed by atoms with Crippen LogP contribution in [-0.4, -0.2) is 35.8 Å². The largest absolute Gasteiger partial charge is 0.493 e. The van der Waals surface area contributed by atoms with Crippen LogP contribution in [0.15, 0.2) is 12.1 Å². The number of nitro benzene ring substituents is 1. The molecule has 0 radical (unpaired) electrons. The molecule has 1 aromatic carbocycles. The van der Waals surface area contributed by atoms with Crippen LogP contribution in [-0.2, 0) is 6.61 Å². The van der Waals surface area contributed by atoms with Gasteiger partial charge in [-0.15, -0.1) is 0 Å². The van der Waals surface area contributed by atoms with Crippen molar-refractivity contribution in [1.29, 1.82) is 0 Å².